The van der Waals surface area contributed by atoms with Gasteiger partial charge in [-0.1, -0.05) is 49.8 Å². The van der Waals surface area contributed by atoms with Crippen LogP contribution in [0, 0.1) is 0 Å². The van der Waals surface area contributed by atoms with Gasteiger partial charge in [0, 0.05) is 0 Å². The second kappa shape index (κ2) is 6.53. The molecule has 3 heterocycles. The molecule has 3 aliphatic rings. The number of allylic oxidation sites excluding steroid dienone is 1. The predicted octanol–water partition coefficient (Wildman–Crippen LogP) is 4.38. The lowest BCUT2D eigenvalue weighted by atomic mass is 9.69. The number of unbranched alkanes of at least 4 members (excludes halogenated alkanes) is 1. The summed E-state index contributed by atoms with van der Waals surface area (Å²) in [6, 6.07) is 11.2. The number of nitrogens with one attached hydrogen (secondary N) is 1. The van der Waals surface area contributed by atoms with Crippen LogP contribution < -0.4 is 5.32 Å². The van der Waals surface area contributed by atoms with E-state index in [2.05, 4.69) is 59.7 Å². The fourth-order valence-electron chi connectivity index (χ4n) is 5.12. The number of rotatable bonds is 4. The van der Waals surface area contributed by atoms with E-state index in [-0.39, 0.29) is 11.3 Å². The van der Waals surface area contributed by atoms with Crippen molar-refractivity contribution < 1.29 is 4.74 Å². The summed E-state index contributed by atoms with van der Waals surface area (Å²) in [5.41, 5.74) is 1.31. The molecule has 1 N–H and O–H groups in total. The number of ether oxygens (including phenoxy) is 1. The van der Waals surface area contributed by atoms with Gasteiger partial charge in [-0.3, -0.25) is 5.32 Å². The van der Waals surface area contributed by atoms with Gasteiger partial charge in [0.1, 0.15) is 5.72 Å². The number of morpholine rings is 1. The molecule has 130 valence electrons. The Kier molecular flexibility index (Phi) is 4.40. The molecule has 0 amide bonds. The summed E-state index contributed by atoms with van der Waals surface area (Å²) >= 11 is 0. The van der Waals surface area contributed by atoms with Crippen molar-refractivity contribution >= 4 is 0 Å². The van der Waals surface area contributed by atoms with Crippen molar-refractivity contribution in [2.24, 2.45) is 0 Å². The van der Waals surface area contributed by atoms with Crippen molar-refractivity contribution in [3.63, 3.8) is 0 Å². The SMILES string of the molecule is CCCC[C@]12NCCC[C@]13CCC=CN3[C@H](c1ccccc1)CO2. The van der Waals surface area contributed by atoms with Crippen molar-refractivity contribution in [1.82, 2.24) is 10.2 Å². The quantitative estimate of drug-likeness (QED) is 0.889. The van der Waals surface area contributed by atoms with Crippen LogP contribution in [-0.4, -0.2) is 29.3 Å². The molecule has 0 saturated carbocycles. The van der Waals surface area contributed by atoms with Crippen molar-refractivity contribution in [2.75, 3.05) is 13.2 Å². The molecule has 3 nitrogen and oxygen atoms in total. The molecule has 3 aliphatic heterocycles. The van der Waals surface area contributed by atoms with Crippen LogP contribution in [0.2, 0.25) is 0 Å². The molecule has 3 atom stereocenters. The Morgan fingerprint density at radius 1 is 1.25 bits per heavy atom. The van der Waals surface area contributed by atoms with E-state index in [0.717, 1.165) is 26.0 Å². The normalized spacial score (nSPS) is 35.4. The monoisotopic (exact) mass is 326 g/mol. The van der Waals surface area contributed by atoms with Gasteiger partial charge in [0.05, 0.1) is 18.2 Å². The van der Waals surface area contributed by atoms with Gasteiger partial charge < -0.3 is 9.64 Å². The molecule has 0 unspecified atom stereocenters. The van der Waals surface area contributed by atoms with Crippen molar-refractivity contribution in [3.8, 4) is 0 Å². The zero-order chi connectivity index (χ0) is 16.5. The smallest absolute Gasteiger partial charge is 0.142 e. The van der Waals surface area contributed by atoms with Gasteiger partial charge >= 0.3 is 0 Å². The molecule has 1 spiro atoms. The van der Waals surface area contributed by atoms with Crippen molar-refractivity contribution in [1.29, 1.82) is 0 Å². The molecule has 24 heavy (non-hydrogen) atoms. The second-order valence-corrected chi connectivity index (χ2v) is 7.56. The van der Waals surface area contributed by atoms with Gasteiger partial charge in [-0.2, -0.15) is 0 Å². The van der Waals surface area contributed by atoms with E-state index >= 15 is 0 Å². The third-order valence-corrected chi connectivity index (χ3v) is 6.30. The lowest BCUT2D eigenvalue weighted by Crippen LogP contribution is -2.76. The maximum atomic E-state index is 6.71. The lowest BCUT2D eigenvalue weighted by Gasteiger charge is -2.64. The molecule has 0 radical (unpaired) electrons. The van der Waals surface area contributed by atoms with Crippen LogP contribution in [0.4, 0.5) is 0 Å². The van der Waals surface area contributed by atoms with E-state index in [1.165, 1.54) is 37.7 Å². The average molecular weight is 326 g/mol. The Labute approximate surface area is 146 Å². The summed E-state index contributed by atoms with van der Waals surface area (Å²) in [5, 5.41) is 3.83. The molecule has 3 heteroatoms. The summed E-state index contributed by atoms with van der Waals surface area (Å²) in [4.78, 5) is 2.66. The van der Waals surface area contributed by atoms with E-state index in [1.807, 2.05) is 0 Å². The molecule has 2 saturated heterocycles. The lowest BCUT2D eigenvalue weighted by molar-refractivity contribution is -0.244. The first-order valence-electron chi connectivity index (χ1n) is 9.70. The van der Waals surface area contributed by atoms with Crippen molar-refractivity contribution in [2.45, 2.75) is 69.2 Å². The predicted molar refractivity (Wildman–Crippen MR) is 97.6 cm³/mol. The van der Waals surface area contributed by atoms with E-state index in [0.29, 0.717) is 6.04 Å². The number of piperidine rings is 1. The van der Waals surface area contributed by atoms with Crippen molar-refractivity contribution in [3.05, 3.63) is 48.2 Å². The zero-order valence-electron chi connectivity index (χ0n) is 14.8. The summed E-state index contributed by atoms with van der Waals surface area (Å²) in [6.45, 7) is 4.13. The summed E-state index contributed by atoms with van der Waals surface area (Å²) < 4.78 is 6.71. The van der Waals surface area contributed by atoms with Gasteiger partial charge in [0.2, 0.25) is 0 Å². The van der Waals surface area contributed by atoms with E-state index < -0.39 is 0 Å². The van der Waals surface area contributed by atoms with Crippen LogP contribution >= 0.6 is 0 Å². The molecular formula is C21H30N2O. The van der Waals surface area contributed by atoms with Gasteiger partial charge in [-0.05, 0) is 56.8 Å². The number of hydrogen-bond acceptors (Lipinski definition) is 3. The Morgan fingerprint density at radius 3 is 2.96 bits per heavy atom. The highest BCUT2D eigenvalue weighted by atomic mass is 16.5. The van der Waals surface area contributed by atoms with Gasteiger partial charge in [0.15, 0.2) is 0 Å². The number of hydrogen-bond donors (Lipinski definition) is 1. The molecule has 2 fully saturated rings. The highest BCUT2D eigenvalue weighted by Gasteiger charge is 2.60. The van der Waals surface area contributed by atoms with Gasteiger partial charge in [-0.25, -0.2) is 0 Å². The minimum Gasteiger partial charge on any atom is -0.359 e. The second-order valence-electron chi connectivity index (χ2n) is 7.56. The Morgan fingerprint density at radius 2 is 2.12 bits per heavy atom. The van der Waals surface area contributed by atoms with E-state index in [9.17, 15) is 0 Å². The zero-order valence-corrected chi connectivity index (χ0v) is 14.8. The number of benzene rings is 1. The summed E-state index contributed by atoms with van der Waals surface area (Å²) in [7, 11) is 0. The Hall–Kier alpha value is -1.32. The maximum absolute atomic E-state index is 6.71. The largest absolute Gasteiger partial charge is 0.359 e. The first-order chi connectivity index (χ1) is 11.8. The number of nitrogens with zero attached hydrogens (tertiary/aromatic N) is 1. The minimum absolute atomic E-state index is 0.105. The minimum atomic E-state index is -0.169. The van der Waals surface area contributed by atoms with Crippen LogP contribution in [0.15, 0.2) is 42.6 Å². The summed E-state index contributed by atoms with van der Waals surface area (Å²) in [6.07, 6.45) is 13.1. The highest BCUT2D eigenvalue weighted by Crippen LogP contribution is 2.52. The standard InChI is InChI=1S/C21H30N2O/c1-2-3-14-21-20(13-9-15-22-21)12-7-8-16-23(20)19(17-24-21)18-10-5-4-6-11-18/h4-6,8,10-11,16,19,22H,2-3,7,9,12-15,17H2,1H3/t19-,20+,21+/m0/s1. The first-order valence-corrected chi connectivity index (χ1v) is 9.70. The Bertz CT molecular complexity index is 587. The topological polar surface area (TPSA) is 24.5 Å². The fourth-order valence-corrected chi connectivity index (χ4v) is 5.12. The van der Waals surface area contributed by atoms with E-state index in [1.54, 1.807) is 0 Å². The van der Waals surface area contributed by atoms with Crippen LogP contribution in [-0.2, 0) is 4.74 Å². The molecule has 4 rings (SSSR count). The average Bonchev–Trinajstić information content (AvgIpc) is 2.65. The maximum Gasteiger partial charge on any atom is 0.142 e. The third kappa shape index (κ3) is 2.41. The molecule has 0 aliphatic carbocycles. The summed E-state index contributed by atoms with van der Waals surface area (Å²) in [5.74, 6) is 0. The molecule has 1 aromatic carbocycles. The molecule has 1 aromatic rings. The first kappa shape index (κ1) is 16.2. The van der Waals surface area contributed by atoms with Crippen LogP contribution in [0.3, 0.4) is 0 Å². The van der Waals surface area contributed by atoms with Gasteiger partial charge in [-0.15, -0.1) is 0 Å². The Balaban J connectivity index is 1.74. The molecule has 0 bridgehead atoms. The molecular weight excluding hydrogens is 296 g/mol. The fraction of sp³-hybridized carbons (Fsp3) is 0.619. The van der Waals surface area contributed by atoms with Crippen LogP contribution in [0.1, 0.15) is 63.5 Å². The van der Waals surface area contributed by atoms with Crippen LogP contribution in [0.25, 0.3) is 0 Å². The van der Waals surface area contributed by atoms with Gasteiger partial charge in [0.25, 0.3) is 0 Å². The highest BCUT2D eigenvalue weighted by molar-refractivity contribution is 5.26. The van der Waals surface area contributed by atoms with E-state index in [4.69, 9.17) is 4.74 Å². The molecule has 0 aromatic heterocycles. The van der Waals surface area contributed by atoms with Crippen LogP contribution in [0.5, 0.6) is 0 Å². The third-order valence-electron chi connectivity index (χ3n) is 6.30.